The van der Waals surface area contributed by atoms with Gasteiger partial charge in [-0.25, -0.2) is 0 Å². The Kier molecular flexibility index (Phi) is 8.58. The topological polar surface area (TPSA) is 109 Å². The fourth-order valence-corrected chi connectivity index (χ4v) is 5.23. The Morgan fingerprint density at radius 2 is 1.62 bits per heavy atom. The average molecular weight is 567 g/mol. The molecule has 0 atom stereocenters. The first-order valence-corrected chi connectivity index (χ1v) is 13.0. The molecule has 39 heavy (non-hydrogen) atoms. The highest BCUT2D eigenvalue weighted by Gasteiger charge is 2.19. The van der Waals surface area contributed by atoms with Crippen molar-refractivity contribution >= 4 is 62.1 Å². The van der Waals surface area contributed by atoms with E-state index in [9.17, 15) is 14.4 Å². The van der Waals surface area contributed by atoms with Gasteiger partial charge in [-0.3, -0.25) is 25.2 Å². The van der Waals surface area contributed by atoms with Gasteiger partial charge in [0.05, 0.1) is 31.4 Å². The summed E-state index contributed by atoms with van der Waals surface area (Å²) in [6, 6.07) is 17.6. The van der Waals surface area contributed by atoms with E-state index in [4.69, 9.17) is 21.1 Å². The van der Waals surface area contributed by atoms with Crippen LogP contribution in [0.15, 0.2) is 60.7 Å². The summed E-state index contributed by atoms with van der Waals surface area (Å²) in [5.74, 6) is -0.407. The van der Waals surface area contributed by atoms with E-state index in [1.807, 2.05) is 43.3 Å². The highest BCUT2D eigenvalue weighted by molar-refractivity contribution is 7.21. The third kappa shape index (κ3) is 6.42. The van der Waals surface area contributed by atoms with E-state index < -0.39 is 11.8 Å². The van der Waals surface area contributed by atoms with E-state index in [-0.39, 0.29) is 22.8 Å². The lowest BCUT2D eigenvalue weighted by atomic mass is 10.1. The summed E-state index contributed by atoms with van der Waals surface area (Å²) < 4.78 is 11.4. The van der Waals surface area contributed by atoms with Crippen LogP contribution >= 0.6 is 22.9 Å². The van der Waals surface area contributed by atoms with Crippen molar-refractivity contribution in [1.29, 1.82) is 0 Å². The standard InChI is InChI=1S/C28H27ClN4O5S/c1-33(2)18-8-5-16(6-9-18)13-24(34)30-21-12-7-17(14-22(21)38-4)27(35)31-32-28(36)26-25(29)20-11-10-19(37-3)15-23(20)39-26/h5-12,14-15H,13H2,1-4H3,(H,30,34)(H,31,35)(H,32,36). The first kappa shape index (κ1) is 27.7. The van der Waals surface area contributed by atoms with Crippen molar-refractivity contribution in [2.24, 2.45) is 0 Å². The SMILES string of the molecule is COc1ccc2c(Cl)c(C(=O)NNC(=O)c3ccc(NC(=O)Cc4ccc(N(C)C)cc4)c(OC)c3)sc2c1. The number of amides is 3. The Hall–Kier alpha value is -4.28. The number of nitrogens with zero attached hydrogens (tertiary/aromatic N) is 1. The van der Waals surface area contributed by atoms with Crippen LogP contribution in [0.3, 0.4) is 0 Å². The molecule has 4 rings (SSSR count). The Labute approximate surface area is 234 Å². The Morgan fingerprint density at radius 1 is 0.897 bits per heavy atom. The number of hydrazine groups is 1. The molecule has 1 heterocycles. The molecule has 0 saturated heterocycles. The number of benzene rings is 3. The molecule has 0 unspecified atom stereocenters. The molecule has 0 aliphatic heterocycles. The normalized spacial score (nSPS) is 10.6. The van der Waals surface area contributed by atoms with E-state index in [1.165, 1.54) is 30.6 Å². The summed E-state index contributed by atoms with van der Waals surface area (Å²) in [5, 5.41) is 3.82. The minimum atomic E-state index is -0.570. The van der Waals surface area contributed by atoms with Crippen molar-refractivity contribution in [3.8, 4) is 11.5 Å². The lowest BCUT2D eigenvalue weighted by Gasteiger charge is -2.14. The predicted molar refractivity (Wildman–Crippen MR) is 154 cm³/mol. The largest absolute Gasteiger partial charge is 0.497 e. The maximum absolute atomic E-state index is 12.7. The van der Waals surface area contributed by atoms with Crippen molar-refractivity contribution < 1.29 is 23.9 Å². The van der Waals surface area contributed by atoms with E-state index >= 15 is 0 Å². The van der Waals surface area contributed by atoms with Gasteiger partial charge in [-0.05, 0) is 54.1 Å². The third-order valence-corrected chi connectivity index (χ3v) is 7.54. The zero-order valence-corrected chi connectivity index (χ0v) is 23.3. The maximum Gasteiger partial charge on any atom is 0.281 e. The van der Waals surface area contributed by atoms with Gasteiger partial charge in [0.25, 0.3) is 11.8 Å². The summed E-state index contributed by atoms with van der Waals surface area (Å²) in [7, 11) is 6.89. The molecule has 0 spiro atoms. The summed E-state index contributed by atoms with van der Waals surface area (Å²) in [4.78, 5) is 40.3. The molecule has 3 amide bonds. The number of ether oxygens (including phenoxy) is 2. The molecular formula is C28H27ClN4O5S. The summed E-state index contributed by atoms with van der Waals surface area (Å²) in [6.45, 7) is 0. The highest BCUT2D eigenvalue weighted by Crippen LogP contribution is 2.37. The summed E-state index contributed by atoms with van der Waals surface area (Å²) >= 11 is 7.58. The number of thiophene rings is 1. The fraction of sp³-hybridized carbons (Fsp3) is 0.179. The number of anilines is 2. The van der Waals surface area contributed by atoms with Crippen LogP contribution in [-0.2, 0) is 11.2 Å². The Bertz CT molecular complexity index is 1540. The number of fused-ring (bicyclic) bond motifs is 1. The molecule has 0 fully saturated rings. The molecular weight excluding hydrogens is 540 g/mol. The number of hydrogen-bond donors (Lipinski definition) is 3. The molecule has 9 nitrogen and oxygen atoms in total. The van der Waals surface area contributed by atoms with E-state index in [1.54, 1.807) is 31.4 Å². The van der Waals surface area contributed by atoms with E-state index in [0.717, 1.165) is 16.0 Å². The van der Waals surface area contributed by atoms with Gasteiger partial charge in [0.1, 0.15) is 16.4 Å². The molecule has 202 valence electrons. The molecule has 3 N–H and O–H groups in total. The number of hydrogen-bond acceptors (Lipinski definition) is 7. The average Bonchev–Trinajstić information content (AvgIpc) is 3.27. The lowest BCUT2D eigenvalue weighted by molar-refractivity contribution is -0.115. The molecule has 1 aromatic heterocycles. The van der Waals surface area contributed by atoms with E-state index in [2.05, 4.69) is 16.2 Å². The van der Waals surface area contributed by atoms with Crippen LogP contribution in [0.1, 0.15) is 25.6 Å². The molecule has 0 saturated carbocycles. The van der Waals surface area contributed by atoms with Crippen molar-refractivity contribution in [2.75, 3.05) is 38.5 Å². The highest BCUT2D eigenvalue weighted by atomic mass is 35.5. The van der Waals surface area contributed by atoms with Gasteiger partial charge in [0.2, 0.25) is 5.91 Å². The van der Waals surface area contributed by atoms with Crippen LogP contribution in [0.25, 0.3) is 10.1 Å². The minimum Gasteiger partial charge on any atom is -0.497 e. The van der Waals surface area contributed by atoms with Crippen molar-refractivity contribution in [2.45, 2.75) is 6.42 Å². The second kappa shape index (κ2) is 12.1. The van der Waals surface area contributed by atoms with Crippen LogP contribution in [0.5, 0.6) is 11.5 Å². The van der Waals surface area contributed by atoms with Gasteiger partial charge in [0, 0.05) is 35.4 Å². The lowest BCUT2D eigenvalue weighted by Crippen LogP contribution is -2.41. The molecule has 0 aliphatic carbocycles. The van der Waals surface area contributed by atoms with Crippen LogP contribution in [0.2, 0.25) is 5.02 Å². The van der Waals surface area contributed by atoms with Crippen molar-refractivity contribution in [3.63, 3.8) is 0 Å². The molecule has 4 aromatic rings. The molecule has 0 aliphatic rings. The fourth-order valence-electron chi connectivity index (χ4n) is 3.79. The number of halogens is 1. The molecule has 3 aromatic carbocycles. The van der Waals surface area contributed by atoms with Gasteiger partial charge < -0.3 is 19.7 Å². The van der Waals surface area contributed by atoms with Crippen molar-refractivity contribution in [3.05, 3.63) is 81.7 Å². The van der Waals surface area contributed by atoms with Gasteiger partial charge in [-0.15, -0.1) is 11.3 Å². The first-order valence-electron chi connectivity index (χ1n) is 11.8. The second-order valence-corrected chi connectivity index (χ2v) is 10.1. The first-order chi connectivity index (χ1) is 18.7. The van der Waals surface area contributed by atoms with Gasteiger partial charge >= 0.3 is 0 Å². The maximum atomic E-state index is 12.7. The summed E-state index contributed by atoms with van der Waals surface area (Å²) in [6.07, 6.45) is 0.179. The zero-order valence-electron chi connectivity index (χ0n) is 21.8. The second-order valence-electron chi connectivity index (χ2n) is 8.72. The quantitative estimate of drug-likeness (QED) is 0.262. The minimum absolute atomic E-state index is 0.179. The van der Waals surface area contributed by atoms with Crippen LogP contribution < -0.4 is 30.5 Å². The Balaban J connectivity index is 1.38. The molecule has 0 bridgehead atoms. The molecule has 11 heteroatoms. The number of carbonyl (C=O) groups excluding carboxylic acids is 3. The predicted octanol–water partition coefficient (Wildman–Crippen LogP) is 4.89. The van der Waals surface area contributed by atoms with Gasteiger partial charge in [-0.2, -0.15) is 0 Å². The van der Waals surface area contributed by atoms with Gasteiger partial charge in [-0.1, -0.05) is 23.7 Å². The summed E-state index contributed by atoms with van der Waals surface area (Å²) in [5.41, 5.74) is 7.32. The number of carbonyl (C=O) groups is 3. The molecule has 0 radical (unpaired) electrons. The third-order valence-electron chi connectivity index (χ3n) is 5.89. The van der Waals surface area contributed by atoms with Crippen LogP contribution in [0, 0.1) is 0 Å². The van der Waals surface area contributed by atoms with E-state index in [0.29, 0.717) is 27.6 Å². The monoisotopic (exact) mass is 566 g/mol. The van der Waals surface area contributed by atoms with Crippen LogP contribution in [0.4, 0.5) is 11.4 Å². The number of nitrogens with one attached hydrogen (secondary N) is 3. The smallest absolute Gasteiger partial charge is 0.281 e. The zero-order chi connectivity index (χ0) is 28.1. The number of rotatable bonds is 8. The van der Waals surface area contributed by atoms with Gasteiger partial charge in [0.15, 0.2) is 0 Å². The number of methoxy groups -OCH3 is 2. The Morgan fingerprint density at radius 3 is 2.28 bits per heavy atom. The van der Waals surface area contributed by atoms with Crippen LogP contribution in [-0.4, -0.2) is 46.0 Å². The van der Waals surface area contributed by atoms with Crippen molar-refractivity contribution in [1.82, 2.24) is 10.9 Å².